The molecule has 3 nitrogen and oxygen atoms in total. The summed E-state index contributed by atoms with van der Waals surface area (Å²) in [5.41, 5.74) is 8.75. The summed E-state index contributed by atoms with van der Waals surface area (Å²) in [5, 5.41) is 2.09. The van der Waals surface area contributed by atoms with Crippen LogP contribution in [-0.4, -0.2) is 29.5 Å². The van der Waals surface area contributed by atoms with Gasteiger partial charge >= 0.3 is 0 Å². The van der Waals surface area contributed by atoms with Crippen LogP contribution in [0.1, 0.15) is 19.5 Å². The zero-order valence-electron chi connectivity index (χ0n) is 9.10. The number of thiazole rings is 1. The average molecular weight is 213 g/mol. The topological polar surface area (TPSA) is 42.1 Å². The summed E-state index contributed by atoms with van der Waals surface area (Å²) in [4.78, 5) is 6.55. The molecule has 1 atom stereocenters. The predicted octanol–water partition coefficient (Wildman–Crippen LogP) is 1.56. The maximum atomic E-state index is 5.74. The maximum absolute atomic E-state index is 5.74. The molecular formula is C10H19N3S. The van der Waals surface area contributed by atoms with Gasteiger partial charge in [-0.15, -0.1) is 11.3 Å². The lowest BCUT2D eigenvalue weighted by Gasteiger charge is -2.29. The van der Waals surface area contributed by atoms with E-state index < -0.39 is 0 Å². The van der Waals surface area contributed by atoms with E-state index in [1.807, 2.05) is 5.51 Å². The van der Waals surface area contributed by atoms with Crippen LogP contribution >= 0.6 is 11.3 Å². The van der Waals surface area contributed by atoms with Crippen LogP contribution in [0.15, 0.2) is 10.9 Å². The van der Waals surface area contributed by atoms with Crippen LogP contribution in [0, 0.1) is 5.92 Å². The van der Waals surface area contributed by atoms with Gasteiger partial charge < -0.3 is 5.73 Å². The third-order valence-corrected chi connectivity index (χ3v) is 3.11. The van der Waals surface area contributed by atoms with Gasteiger partial charge in [-0.1, -0.05) is 13.8 Å². The molecule has 1 aromatic rings. The van der Waals surface area contributed by atoms with Gasteiger partial charge in [-0.3, -0.25) is 4.90 Å². The van der Waals surface area contributed by atoms with Gasteiger partial charge in [0, 0.05) is 24.5 Å². The van der Waals surface area contributed by atoms with Crippen molar-refractivity contribution in [1.29, 1.82) is 0 Å². The SMILES string of the molecule is CC(C)C(CN)N(C)Cc1cscn1. The molecule has 0 amide bonds. The van der Waals surface area contributed by atoms with E-state index in [1.54, 1.807) is 11.3 Å². The van der Waals surface area contributed by atoms with Crippen molar-refractivity contribution < 1.29 is 0 Å². The molecule has 0 aliphatic rings. The Kier molecular flexibility index (Phi) is 4.51. The molecule has 0 aromatic carbocycles. The summed E-state index contributed by atoms with van der Waals surface area (Å²) < 4.78 is 0. The van der Waals surface area contributed by atoms with Gasteiger partial charge in [-0.05, 0) is 13.0 Å². The molecule has 14 heavy (non-hydrogen) atoms. The summed E-state index contributed by atoms with van der Waals surface area (Å²) in [5.74, 6) is 0.587. The van der Waals surface area contributed by atoms with Crippen molar-refractivity contribution in [3.63, 3.8) is 0 Å². The Labute approximate surface area is 89.9 Å². The molecular weight excluding hydrogens is 194 g/mol. The lowest BCUT2D eigenvalue weighted by Crippen LogP contribution is -2.41. The highest BCUT2D eigenvalue weighted by molar-refractivity contribution is 7.07. The molecule has 1 heterocycles. The van der Waals surface area contributed by atoms with Crippen molar-refractivity contribution >= 4 is 11.3 Å². The first-order chi connectivity index (χ1) is 6.65. The summed E-state index contributed by atoms with van der Waals surface area (Å²) >= 11 is 1.64. The molecule has 1 unspecified atom stereocenters. The van der Waals surface area contributed by atoms with E-state index in [9.17, 15) is 0 Å². The fraction of sp³-hybridized carbons (Fsp3) is 0.700. The van der Waals surface area contributed by atoms with Gasteiger partial charge in [-0.2, -0.15) is 0 Å². The zero-order chi connectivity index (χ0) is 10.6. The minimum Gasteiger partial charge on any atom is -0.329 e. The third kappa shape index (κ3) is 3.04. The smallest absolute Gasteiger partial charge is 0.0795 e. The summed E-state index contributed by atoms with van der Waals surface area (Å²) in [6.45, 7) is 6.01. The Bertz CT molecular complexity index is 246. The molecule has 0 saturated carbocycles. The van der Waals surface area contributed by atoms with Crippen LogP contribution in [0.5, 0.6) is 0 Å². The van der Waals surface area contributed by atoms with E-state index >= 15 is 0 Å². The minimum absolute atomic E-state index is 0.441. The maximum Gasteiger partial charge on any atom is 0.0795 e. The van der Waals surface area contributed by atoms with E-state index in [0.717, 1.165) is 12.2 Å². The highest BCUT2D eigenvalue weighted by Crippen LogP contribution is 2.11. The van der Waals surface area contributed by atoms with Gasteiger partial charge in [-0.25, -0.2) is 4.98 Å². The number of likely N-dealkylation sites (N-methyl/N-ethyl adjacent to an activating group) is 1. The van der Waals surface area contributed by atoms with Crippen molar-refractivity contribution in [2.45, 2.75) is 26.4 Å². The number of nitrogens with two attached hydrogens (primary N) is 1. The van der Waals surface area contributed by atoms with E-state index in [4.69, 9.17) is 5.73 Å². The molecule has 0 saturated heterocycles. The fourth-order valence-corrected chi connectivity index (χ4v) is 2.20. The van der Waals surface area contributed by atoms with Crippen LogP contribution in [-0.2, 0) is 6.54 Å². The standard InChI is InChI=1S/C10H19N3S/c1-8(2)10(4-11)13(3)5-9-6-14-7-12-9/h6-8,10H,4-5,11H2,1-3H3. The van der Waals surface area contributed by atoms with Gasteiger partial charge in [0.2, 0.25) is 0 Å². The molecule has 0 aliphatic carbocycles. The largest absolute Gasteiger partial charge is 0.329 e. The molecule has 1 rings (SSSR count). The molecule has 80 valence electrons. The van der Waals surface area contributed by atoms with Crippen molar-refractivity contribution in [1.82, 2.24) is 9.88 Å². The Hall–Kier alpha value is -0.450. The normalized spacial score (nSPS) is 13.9. The number of rotatable bonds is 5. The summed E-state index contributed by atoms with van der Waals surface area (Å²) in [7, 11) is 2.11. The predicted molar refractivity (Wildman–Crippen MR) is 61.3 cm³/mol. The van der Waals surface area contributed by atoms with Crippen molar-refractivity contribution in [3.8, 4) is 0 Å². The Balaban J connectivity index is 2.51. The minimum atomic E-state index is 0.441. The van der Waals surface area contributed by atoms with E-state index in [1.165, 1.54) is 0 Å². The fourth-order valence-electron chi connectivity index (χ4n) is 1.65. The van der Waals surface area contributed by atoms with Gasteiger partial charge in [0.25, 0.3) is 0 Å². The monoisotopic (exact) mass is 213 g/mol. The second-order valence-electron chi connectivity index (χ2n) is 3.94. The highest BCUT2D eigenvalue weighted by Gasteiger charge is 2.17. The quantitative estimate of drug-likeness (QED) is 0.807. The molecule has 2 N–H and O–H groups in total. The van der Waals surface area contributed by atoms with Crippen molar-refractivity contribution in [3.05, 3.63) is 16.6 Å². The Morgan fingerprint density at radius 1 is 1.57 bits per heavy atom. The Morgan fingerprint density at radius 3 is 2.71 bits per heavy atom. The van der Waals surface area contributed by atoms with E-state index in [0.29, 0.717) is 18.5 Å². The molecule has 0 spiro atoms. The Morgan fingerprint density at radius 2 is 2.29 bits per heavy atom. The molecule has 4 heteroatoms. The second-order valence-corrected chi connectivity index (χ2v) is 4.66. The lowest BCUT2D eigenvalue weighted by molar-refractivity contribution is 0.188. The summed E-state index contributed by atoms with van der Waals surface area (Å²) in [6, 6.07) is 0.441. The number of hydrogen-bond acceptors (Lipinski definition) is 4. The molecule has 1 aromatic heterocycles. The van der Waals surface area contributed by atoms with Crippen LogP contribution in [0.2, 0.25) is 0 Å². The van der Waals surface area contributed by atoms with Crippen LogP contribution in [0.25, 0.3) is 0 Å². The third-order valence-electron chi connectivity index (χ3n) is 2.47. The first kappa shape index (κ1) is 11.6. The average Bonchev–Trinajstić information content (AvgIpc) is 2.57. The number of aromatic nitrogens is 1. The van der Waals surface area contributed by atoms with Crippen molar-refractivity contribution in [2.75, 3.05) is 13.6 Å². The molecule has 0 bridgehead atoms. The number of hydrogen-bond donors (Lipinski definition) is 1. The molecule has 0 aliphatic heterocycles. The zero-order valence-corrected chi connectivity index (χ0v) is 9.92. The van der Waals surface area contributed by atoms with E-state index in [2.05, 4.69) is 36.2 Å². The van der Waals surface area contributed by atoms with Crippen LogP contribution in [0.3, 0.4) is 0 Å². The summed E-state index contributed by atoms with van der Waals surface area (Å²) in [6.07, 6.45) is 0. The van der Waals surface area contributed by atoms with Crippen molar-refractivity contribution in [2.24, 2.45) is 11.7 Å². The number of nitrogens with zero attached hydrogens (tertiary/aromatic N) is 2. The van der Waals surface area contributed by atoms with Gasteiger partial charge in [0.15, 0.2) is 0 Å². The van der Waals surface area contributed by atoms with Crippen LogP contribution in [0.4, 0.5) is 0 Å². The molecule has 0 radical (unpaired) electrons. The van der Waals surface area contributed by atoms with Crippen LogP contribution < -0.4 is 5.73 Å². The lowest BCUT2D eigenvalue weighted by atomic mass is 10.0. The highest BCUT2D eigenvalue weighted by atomic mass is 32.1. The van der Waals surface area contributed by atoms with Gasteiger partial charge in [0.05, 0.1) is 11.2 Å². The first-order valence-electron chi connectivity index (χ1n) is 4.92. The molecule has 0 fully saturated rings. The van der Waals surface area contributed by atoms with E-state index in [-0.39, 0.29) is 0 Å². The second kappa shape index (κ2) is 5.44. The van der Waals surface area contributed by atoms with Gasteiger partial charge in [0.1, 0.15) is 0 Å². The first-order valence-corrected chi connectivity index (χ1v) is 5.86.